The molecule has 1 N–H and O–H groups in total. The van der Waals surface area contributed by atoms with Crippen molar-refractivity contribution in [3.05, 3.63) is 114 Å². The van der Waals surface area contributed by atoms with E-state index in [-0.39, 0.29) is 16.6 Å². The third kappa shape index (κ3) is 6.31. The van der Waals surface area contributed by atoms with Gasteiger partial charge < -0.3 is 5.32 Å². The van der Waals surface area contributed by atoms with Gasteiger partial charge in [-0.3, -0.25) is 9.36 Å². The molecule has 0 aliphatic heterocycles. The maximum Gasteiger partial charge on any atom is 0.234 e. The van der Waals surface area contributed by atoms with E-state index >= 15 is 0 Å². The monoisotopic (exact) mass is 625 g/mol. The standard InChI is InChI=1S/C32H24ClN5O3S2/c1-43(40,41)25-17-11-21(12-18-25)29-19-27(26-9-5-6-10-28(26)35-29)31-36-37-32(38(31)24-7-3-2-4-8-24)42-20-30(39)34-23-15-13-22(33)14-16-23/h2-19H,20H2,1H3,(H,34,39). The summed E-state index contributed by atoms with van der Waals surface area (Å²) in [7, 11) is -3.33. The fraction of sp³-hybridized carbons (Fsp3) is 0.0625. The number of carbonyl (C=O) groups excluding carboxylic acids is 1. The van der Waals surface area contributed by atoms with Crippen LogP contribution in [0.5, 0.6) is 0 Å². The van der Waals surface area contributed by atoms with E-state index in [0.717, 1.165) is 27.7 Å². The third-order valence-corrected chi connectivity index (χ3v) is 8.95. The largest absolute Gasteiger partial charge is 0.325 e. The fourth-order valence-electron chi connectivity index (χ4n) is 4.59. The normalized spacial score (nSPS) is 11.5. The van der Waals surface area contributed by atoms with Crippen molar-refractivity contribution in [3.63, 3.8) is 0 Å². The maximum atomic E-state index is 12.8. The second-order valence-electron chi connectivity index (χ2n) is 9.69. The van der Waals surface area contributed by atoms with Crippen LogP contribution in [0, 0.1) is 0 Å². The summed E-state index contributed by atoms with van der Waals surface area (Å²) in [6, 6.07) is 33.0. The molecule has 0 saturated heterocycles. The molecule has 4 aromatic carbocycles. The minimum absolute atomic E-state index is 0.114. The highest BCUT2D eigenvalue weighted by Crippen LogP contribution is 2.35. The van der Waals surface area contributed by atoms with Crippen molar-refractivity contribution >= 4 is 55.7 Å². The summed E-state index contributed by atoms with van der Waals surface area (Å²) in [5.74, 6) is 0.507. The van der Waals surface area contributed by atoms with E-state index in [1.54, 1.807) is 48.5 Å². The highest BCUT2D eigenvalue weighted by molar-refractivity contribution is 7.99. The molecule has 43 heavy (non-hydrogen) atoms. The van der Waals surface area contributed by atoms with Crippen LogP contribution in [-0.2, 0) is 14.6 Å². The predicted octanol–water partition coefficient (Wildman–Crippen LogP) is 6.94. The Morgan fingerprint density at radius 3 is 2.30 bits per heavy atom. The molecule has 1 amide bonds. The van der Waals surface area contributed by atoms with E-state index in [1.165, 1.54) is 18.0 Å². The third-order valence-electron chi connectivity index (χ3n) is 6.64. The molecule has 0 unspecified atom stereocenters. The number of anilines is 1. The van der Waals surface area contributed by atoms with Gasteiger partial charge in [-0.2, -0.15) is 0 Å². The quantitative estimate of drug-likeness (QED) is 0.183. The zero-order chi connectivity index (χ0) is 30.0. The van der Waals surface area contributed by atoms with Crippen molar-refractivity contribution in [2.24, 2.45) is 0 Å². The van der Waals surface area contributed by atoms with Gasteiger partial charge in [0.15, 0.2) is 20.8 Å². The van der Waals surface area contributed by atoms with Crippen LogP contribution in [0.15, 0.2) is 119 Å². The Hall–Kier alpha value is -4.51. The van der Waals surface area contributed by atoms with E-state index in [4.69, 9.17) is 16.6 Å². The van der Waals surface area contributed by atoms with Gasteiger partial charge in [-0.1, -0.05) is 71.9 Å². The number of nitrogens with one attached hydrogen (secondary N) is 1. The van der Waals surface area contributed by atoms with Crippen LogP contribution in [0.25, 0.3) is 39.2 Å². The van der Waals surface area contributed by atoms with Crippen LogP contribution in [-0.4, -0.2) is 46.1 Å². The van der Waals surface area contributed by atoms with Crippen molar-refractivity contribution in [2.75, 3.05) is 17.3 Å². The van der Waals surface area contributed by atoms with Gasteiger partial charge in [-0.05, 0) is 60.7 Å². The molecule has 8 nitrogen and oxygen atoms in total. The van der Waals surface area contributed by atoms with Crippen molar-refractivity contribution < 1.29 is 13.2 Å². The first-order chi connectivity index (χ1) is 20.8. The number of benzene rings is 4. The van der Waals surface area contributed by atoms with Crippen LogP contribution in [0.2, 0.25) is 5.02 Å². The second-order valence-corrected chi connectivity index (χ2v) is 13.1. The Labute approximate surface area is 257 Å². The van der Waals surface area contributed by atoms with Crippen molar-refractivity contribution in [1.29, 1.82) is 0 Å². The molecular weight excluding hydrogens is 602 g/mol. The van der Waals surface area contributed by atoms with Crippen molar-refractivity contribution in [3.8, 4) is 28.3 Å². The Balaban J connectivity index is 1.41. The number of halogens is 1. The molecule has 6 aromatic rings. The Morgan fingerprint density at radius 2 is 1.58 bits per heavy atom. The van der Waals surface area contributed by atoms with Gasteiger partial charge in [0.1, 0.15) is 0 Å². The Kier molecular flexibility index (Phi) is 7.98. The molecular formula is C32H24ClN5O3S2. The number of rotatable bonds is 8. The molecule has 2 aromatic heterocycles. The summed E-state index contributed by atoms with van der Waals surface area (Å²) in [5.41, 5.74) is 4.46. The van der Waals surface area contributed by atoms with E-state index in [9.17, 15) is 13.2 Å². The van der Waals surface area contributed by atoms with E-state index < -0.39 is 9.84 Å². The molecule has 0 fully saturated rings. The molecule has 0 aliphatic carbocycles. The van der Waals surface area contributed by atoms with Gasteiger partial charge in [-0.15, -0.1) is 10.2 Å². The highest BCUT2D eigenvalue weighted by Gasteiger charge is 2.21. The number of para-hydroxylation sites is 2. The number of pyridine rings is 1. The summed E-state index contributed by atoms with van der Waals surface area (Å²) in [6.45, 7) is 0. The fourth-order valence-corrected chi connectivity index (χ4v) is 6.10. The molecule has 0 radical (unpaired) electrons. The van der Waals surface area contributed by atoms with Crippen LogP contribution < -0.4 is 5.32 Å². The lowest BCUT2D eigenvalue weighted by atomic mass is 10.0. The Bertz CT molecular complexity index is 2050. The summed E-state index contributed by atoms with van der Waals surface area (Å²) >= 11 is 7.24. The first kappa shape index (κ1) is 28.6. The smallest absolute Gasteiger partial charge is 0.234 e. The van der Waals surface area contributed by atoms with Gasteiger partial charge in [-0.25, -0.2) is 13.4 Å². The van der Waals surface area contributed by atoms with Crippen molar-refractivity contribution in [2.45, 2.75) is 10.1 Å². The molecule has 0 saturated carbocycles. The molecule has 0 bridgehead atoms. The first-order valence-corrected chi connectivity index (χ1v) is 16.4. The van der Waals surface area contributed by atoms with Crippen LogP contribution in [0.4, 0.5) is 5.69 Å². The zero-order valence-electron chi connectivity index (χ0n) is 22.8. The lowest BCUT2D eigenvalue weighted by Gasteiger charge is -2.13. The number of aromatic nitrogens is 4. The molecule has 0 atom stereocenters. The number of amides is 1. The predicted molar refractivity (Wildman–Crippen MR) is 171 cm³/mol. The zero-order valence-corrected chi connectivity index (χ0v) is 25.2. The number of carbonyl (C=O) groups is 1. The van der Waals surface area contributed by atoms with Gasteiger partial charge in [0.25, 0.3) is 0 Å². The second kappa shape index (κ2) is 12.0. The number of fused-ring (bicyclic) bond motifs is 1. The summed E-state index contributed by atoms with van der Waals surface area (Å²) in [6.07, 6.45) is 1.18. The SMILES string of the molecule is CS(=O)(=O)c1ccc(-c2cc(-c3nnc(SCC(=O)Nc4ccc(Cl)cc4)n3-c3ccccc3)c3ccccc3n2)cc1. The molecule has 0 aliphatic rings. The average molecular weight is 626 g/mol. The van der Waals surface area contributed by atoms with Crippen LogP contribution in [0.1, 0.15) is 0 Å². The number of thioether (sulfide) groups is 1. The summed E-state index contributed by atoms with van der Waals surface area (Å²) in [5, 5.41) is 14.0. The maximum absolute atomic E-state index is 12.8. The van der Waals surface area contributed by atoms with Crippen molar-refractivity contribution in [1.82, 2.24) is 19.7 Å². The first-order valence-electron chi connectivity index (χ1n) is 13.2. The summed E-state index contributed by atoms with van der Waals surface area (Å²) < 4.78 is 25.9. The number of sulfone groups is 1. The van der Waals surface area contributed by atoms with Crippen LogP contribution >= 0.6 is 23.4 Å². The number of hydrogen-bond acceptors (Lipinski definition) is 7. The van der Waals surface area contributed by atoms with Gasteiger partial charge in [0.2, 0.25) is 5.91 Å². The molecule has 6 rings (SSSR count). The lowest BCUT2D eigenvalue weighted by molar-refractivity contribution is -0.113. The minimum Gasteiger partial charge on any atom is -0.325 e. The molecule has 0 spiro atoms. The average Bonchev–Trinajstić information content (AvgIpc) is 3.44. The molecule has 2 heterocycles. The highest BCUT2D eigenvalue weighted by atomic mass is 35.5. The van der Waals surface area contributed by atoms with E-state index in [2.05, 4.69) is 15.5 Å². The molecule has 214 valence electrons. The Morgan fingerprint density at radius 1 is 0.884 bits per heavy atom. The number of nitrogens with zero attached hydrogens (tertiary/aromatic N) is 4. The minimum atomic E-state index is -3.33. The topological polar surface area (TPSA) is 107 Å². The summed E-state index contributed by atoms with van der Waals surface area (Å²) in [4.78, 5) is 17.9. The lowest BCUT2D eigenvalue weighted by Crippen LogP contribution is -2.14. The van der Waals surface area contributed by atoms with Crippen LogP contribution in [0.3, 0.4) is 0 Å². The molecule has 11 heteroatoms. The van der Waals surface area contributed by atoms with E-state index in [0.29, 0.717) is 27.4 Å². The van der Waals surface area contributed by atoms with E-state index in [1.807, 2.05) is 65.2 Å². The van der Waals surface area contributed by atoms with Gasteiger partial charge in [0.05, 0.1) is 21.9 Å². The number of hydrogen-bond donors (Lipinski definition) is 1. The van der Waals surface area contributed by atoms with Gasteiger partial charge in [0, 0.05) is 39.2 Å². The van der Waals surface area contributed by atoms with Gasteiger partial charge >= 0.3 is 0 Å².